The molecule has 0 radical (unpaired) electrons. The Hall–Kier alpha value is -1.54. The number of anilines is 1. The van der Waals surface area contributed by atoms with Crippen LogP contribution in [0, 0.1) is 0 Å². The number of nitrogen functional groups attached to an aromatic ring is 1. The maximum Gasteiger partial charge on any atom is 0.354 e. The molecule has 0 aliphatic heterocycles. The largest absolute Gasteiger partial charge is 0.394 e. The van der Waals surface area contributed by atoms with Gasteiger partial charge < -0.3 is 15.6 Å². The number of nitrogens with two attached hydrogens (primary N) is 1. The van der Waals surface area contributed by atoms with Crippen LogP contribution in [0.2, 0.25) is 0 Å². The zero-order valence-electron chi connectivity index (χ0n) is 9.14. The summed E-state index contributed by atoms with van der Waals surface area (Å²) >= 11 is 0. The molecule has 1 aromatic heterocycles. The molecule has 6 nitrogen and oxygen atoms in total. The van der Waals surface area contributed by atoms with Crippen LogP contribution in [0.15, 0.2) is 17.1 Å². The van der Waals surface area contributed by atoms with E-state index >= 15 is 0 Å². The van der Waals surface area contributed by atoms with Gasteiger partial charge in [-0.05, 0) is 6.07 Å². The highest BCUT2D eigenvalue weighted by Crippen LogP contribution is 2.25. The fourth-order valence-electron chi connectivity index (χ4n) is 1.26. The molecule has 0 fully saturated rings. The highest BCUT2D eigenvalue weighted by molar-refractivity contribution is 5.23. The lowest BCUT2D eigenvalue weighted by molar-refractivity contribution is -0.129. The lowest BCUT2D eigenvalue weighted by atomic mass is 10.2. The first kappa shape index (κ1) is 13.5. The minimum absolute atomic E-state index is 0.132. The Balaban J connectivity index is 3.00. The smallest absolute Gasteiger partial charge is 0.354 e. The van der Waals surface area contributed by atoms with Crippen LogP contribution in [0.1, 0.15) is 6.42 Å². The van der Waals surface area contributed by atoms with Gasteiger partial charge in [0.25, 0.3) is 0 Å². The fourth-order valence-corrected chi connectivity index (χ4v) is 1.26. The molecule has 0 amide bonds. The van der Waals surface area contributed by atoms with Crippen molar-refractivity contribution in [2.24, 2.45) is 0 Å². The van der Waals surface area contributed by atoms with Crippen molar-refractivity contribution in [1.82, 2.24) is 9.55 Å². The molecule has 17 heavy (non-hydrogen) atoms. The highest BCUT2D eigenvalue weighted by Gasteiger charge is 2.35. The second kappa shape index (κ2) is 5.19. The first-order valence-electron chi connectivity index (χ1n) is 4.78. The number of hydrogen-bond donors (Lipinski definition) is 2. The maximum absolute atomic E-state index is 13.7. The zero-order chi connectivity index (χ0) is 13.1. The maximum atomic E-state index is 13.7. The molecule has 0 unspecified atom stereocenters. The number of aliphatic hydroxyl groups excluding tert-OH is 1. The van der Waals surface area contributed by atoms with Crippen molar-refractivity contribution < 1.29 is 18.6 Å². The normalized spacial score (nSPS) is 13.6. The van der Waals surface area contributed by atoms with E-state index in [1.807, 2.05) is 0 Å². The Bertz CT molecular complexity index is 432. The monoisotopic (exact) mass is 249 g/mol. The summed E-state index contributed by atoms with van der Waals surface area (Å²) in [7, 11) is 1.20. The van der Waals surface area contributed by atoms with Crippen LogP contribution in [0.3, 0.4) is 0 Å². The second-order valence-corrected chi connectivity index (χ2v) is 3.42. The van der Waals surface area contributed by atoms with E-state index in [9.17, 15) is 13.6 Å². The molecule has 0 spiro atoms. The topological polar surface area (TPSA) is 90.4 Å². The van der Waals surface area contributed by atoms with Crippen LogP contribution < -0.4 is 11.4 Å². The minimum atomic E-state index is -3.50. The summed E-state index contributed by atoms with van der Waals surface area (Å²) in [5, 5.41) is 8.77. The molecular formula is C9H13F2N3O3. The summed E-state index contributed by atoms with van der Waals surface area (Å²) in [6.45, 7) is -0.566. The quantitative estimate of drug-likeness (QED) is 0.752. The summed E-state index contributed by atoms with van der Waals surface area (Å²) in [4.78, 5) is 14.4. The van der Waals surface area contributed by atoms with Gasteiger partial charge in [0.1, 0.15) is 5.82 Å². The van der Waals surface area contributed by atoms with Gasteiger partial charge in [0, 0.05) is 13.3 Å². The summed E-state index contributed by atoms with van der Waals surface area (Å²) in [5.41, 5.74) is 4.04. The zero-order valence-corrected chi connectivity index (χ0v) is 9.14. The summed E-state index contributed by atoms with van der Waals surface area (Å²) in [6, 6.07) is -2.41. The number of halogens is 2. The molecule has 0 aliphatic rings. The molecule has 0 saturated carbocycles. The lowest BCUT2D eigenvalue weighted by Crippen LogP contribution is -2.39. The van der Waals surface area contributed by atoms with Crippen LogP contribution in [-0.4, -0.2) is 34.5 Å². The first-order valence-corrected chi connectivity index (χ1v) is 4.78. The minimum Gasteiger partial charge on any atom is -0.394 e. The summed E-state index contributed by atoms with van der Waals surface area (Å²) < 4.78 is 32.1. The SMILES string of the molecule is CO[C@H](CO)CC(F)(F)n1ccc(N)nc1=O. The predicted molar refractivity (Wildman–Crippen MR) is 55.6 cm³/mol. The standard InChI is InChI=1S/C9H13F2N3O3/c1-17-6(5-15)4-9(10,11)14-3-2-7(12)13-8(14)16/h2-3,6,15H,4-5H2,1H3,(H2,12,13,16)/t6-/m0/s1. The van der Waals surface area contributed by atoms with Crippen LogP contribution in [0.5, 0.6) is 0 Å². The van der Waals surface area contributed by atoms with Gasteiger partial charge in [0.15, 0.2) is 0 Å². The molecular weight excluding hydrogens is 236 g/mol. The molecule has 0 bridgehead atoms. The molecule has 0 aromatic carbocycles. The number of alkyl halides is 2. The molecule has 1 atom stereocenters. The number of ether oxygens (including phenoxy) is 1. The highest BCUT2D eigenvalue weighted by atomic mass is 19.3. The predicted octanol–water partition coefficient (Wildman–Crippen LogP) is -0.228. The van der Waals surface area contributed by atoms with Crippen molar-refractivity contribution in [3.8, 4) is 0 Å². The van der Waals surface area contributed by atoms with Gasteiger partial charge in [-0.15, -0.1) is 0 Å². The van der Waals surface area contributed by atoms with Crippen LogP contribution >= 0.6 is 0 Å². The van der Waals surface area contributed by atoms with E-state index in [4.69, 9.17) is 10.8 Å². The van der Waals surface area contributed by atoms with Gasteiger partial charge in [0.2, 0.25) is 0 Å². The van der Waals surface area contributed by atoms with E-state index in [1.165, 1.54) is 7.11 Å². The van der Waals surface area contributed by atoms with Crippen LogP contribution in [0.4, 0.5) is 14.6 Å². The summed E-state index contributed by atoms with van der Waals surface area (Å²) in [5.74, 6) is -0.132. The molecule has 3 N–H and O–H groups in total. The number of aromatic nitrogens is 2. The van der Waals surface area contributed by atoms with E-state index in [2.05, 4.69) is 9.72 Å². The number of nitrogens with zero attached hydrogens (tertiary/aromatic N) is 2. The number of aliphatic hydroxyl groups is 1. The third-order valence-corrected chi connectivity index (χ3v) is 2.19. The molecule has 1 aromatic rings. The third kappa shape index (κ3) is 3.21. The molecule has 1 rings (SSSR count). The average molecular weight is 249 g/mol. The van der Waals surface area contributed by atoms with E-state index in [-0.39, 0.29) is 10.4 Å². The molecule has 1 heterocycles. The first-order chi connectivity index (χ1) is 7.90. The number of hydrogen-bond acceptors (Lipinski definition) is 5. The molecule has 0 saturated heterocycles. The summed E-state index contributed by atoms with van der Waals surface area (Å²) in [6.07, 6.45) is -1.03. The number of rotatable bonds is 5. The molecule has 0 aliphatic carbocycles. The number of methoxy groups -OCH3 is 1. The van der Waals surface area contributed by atoms with Gasteiger partial charge in [-0.2, -0.15) is 13.8 Å². The molecule has 96 valence electrons. The van der Waals surface area contributed by atoms with Crippen LogP contribution in [-0.2, 0) is 10.8 Å². The Morgan fingerprint density at radius 1 is 1.71 bits per heavy atom. The van der Waals surface area contributed by atoms with Crippen molar-refractivity contribution in [3.05, 3.63) is 22.7 Å². The van der Waals surface area contributed by atoms with Crippen molar-refractivity contribution in [1.29, 1.82) is 0 Å². The second-order valence-electron chi connectivity index (χ2n) is 3.42. The van der Waals surface area contributed by atoms with Crippen LogP contribution in [0.25, 0.3) is 0 Å². The van der Waals surface area contributed by atoms with Gasteiger partial charge in [-0.3, -0.25) is 0 Å². The van der Waals surface area contributed by atoms with Gasteiger partial charge in [-0.1, -0.05) is 0 Å². The Morgan fingerprint density at radius 3 is 2.82 bits per heavy atom. The van der Waals surface area contributed by atoms with Crippen molar-refractivity contribution >= 4 is 5.82 Å². The fraction of sp³-hybridized carbons (Fsp3) is 0.556. The Morgan fingerprint density at radius 2 is 2.35 bits per heavy atom. The third-order valence-electron chi connectivity index (χ3n) is 2.19. The average Bonchev–Trinajstić information content (AvgIpc) is 2.25. The van der Waals surface area contributed by atoms with Crippen molar-refractivity contribution in [2.75, 3.05) is 19.5 Å². The van der Waals surface area contributed by atoms with Gasteiger partial charge in [-0.25, -0.2) is 9.36 Å². The van der Waals surface area contributed by atoms with E-state index in [1.54, 1.807) is 0 Å². The van der Waals surface area contributed by atoms with Gasteiger partial charge in [0.05, 0.1) is 19.1 Å². The lowest BCUT2D eigenvalue weighted by Gasteiger charge is -2.22. The Labute approximate surface area is 95.6 Å². The van der Waals surface area contributed by atoms with E-state index < -0.39 is 30.9 Å². The van der Waals surface area contributed by atoms with Gasteiger partial charge >= 0.3 is 11.7 Å². The van der Waals surface area contributed by atoms with E-state index in [0.29, 0.717) is 0 Å². The van der Waals surface area contributed by atoms with E-state index in [0.717, 1.165) is 12.3 Å². The van der Waals surface area contributed by atoms with Crippen molar-refractivity contribution in [2.45, 2.75) is 18.6 Å². The van der Waals surface area contributed by atoms with Crippen molar-refractivity contribution in [3.63, 3.8) is 0 Å². The molecule has 8 heteroatoms. The Kier molecular flexibility index (Phi) is 4.13.